The van der Waals surface area contributed by atoms with Crippen molar-refractivity contribution in [3.63, 3.8) is 0 Å². The average Bonchev–Trinajstić information content (AvgIpc) is 1.88. The molecule has 0 amide bonds. The maximum absolute atomic E-state index is 10.6. The Hall–Kier alpha value is -0.273. The van der Waals surface area contributed by atoms with E-state index in [1.807, 2.05) is 0 Å². The van der Waals surface area contributed by atoms with Gasteiger partial charge in [0.05, 0.1) is 4.90 Å². The van der Waals surface area contributed by atoms with Crippen molar-refractivity contribution in [2.24, 2.45) is 5.14 Å². The van der Waals surface area contributed by atoms with Gasteiger partial charge in [0.15, 0.2) is 0 Å². The quantitative estimate of drug-likeness (QED) is 0.591. The van der Waals surface area contributed by atoms with Gasteiger partial charge >= 0.3 is 0 Å². The molecule has 1 aromatic rings. The summed E-state index contributed by atoms with van der Waals surface area (Å²) in [7, 11) is -3.50. The van der Waals surface area contributed by atoms with Crippen LogP contribution in [0.2, 0.25) is 0 Å². The van der Waals surface area contributed by atoms with E-state index in [2.05, 4.69) is 0 Å². The van der Waals surface area contributed by atoms with Crippen molar-refractivity contribution in [3.8, 4) is 0 Å². The SMILES string of the molecule is NS(=O)(=O)c1ccccc1.[Li]. The molecule has 5 heteroatoms. The maximum Gasteiger partial charge on any atom is 0.238 e. The summed E-state index contributed by atoms with van der Waals surface area (Å²) in [5.41, 5.74) is 0. The monoisotopic (exact) mass is 164 g/mol. The van der Waals surface area contributed by atoms with Crippen LogP contribution in [0.1, 0.15) is 0 Å². The van der Waals surface area contributed by atoms with Crippen LogP contribution in [-0.2, 0) is 10.0 Å². The van der Waals surface area contributed by atoms with E-state index in [4.69, 9.17) is 5.14 Å². The van der Waals surface area contributed by atoms with Gasteiger partial charge in [-0.15, -0.1) is 0 Å². The van der Waals surface area contributed by atoms with Crippen LogP contribution in [0.3, 0.4) is 0 Å². The molecule has 3 nitrogen and oxygen atoms in total. The van der Waals surface area contributed by atoms with Gasteiger partial charge in [-0.2, -0.15) is 0 Å². The second-order valence-corrected chi connectivity index (χ2v) is 3.42. The number of primary sulfonamides is 1. The van der Waals surface area contributed by atoms with Crippen molar-refractivity contribution in [2.75, 3.05) is 0 Å². The summed E-state index contributed by atoms with van der Waals surface area (Å²) in [6, 6.07) is 7.89. The van der Waals surface area contributed by atoms with Gasteiger partial charge < -0.3 is 0 Å². The third kappa shape index (κ3) is 3.08. The Kier molecular flexibility index (Phi) is 3.83. The van der Waals surface area contributed by atoms with Crippen molar-refractivity contribution in [3.05, 3.63) is 30.3 Å². The molecule has 0 aliphatic carbocycles. The normalized spacial score (nSPS) is 10.3. The fourth-order valence-corrected chi connectivity index (χ4v) is 1.15. The van der Waals surface area contributed by atoms with E-state index in [-0.39, 0.29) is 23.8 Å². The van der Waals surface area contributed by atoms with Gasteiger partial charge in [0.25, 0.3) is 0 Å². The minimum atomic E-state index is -3.50. The first-order chi connectivity index (χ1) is 4.61. The fraction of sp³-hybridized carbons (Fsp3) is 0. The predicted molar refractivity (Wildman–Crippen MR) is 43.6 cm³/mol. The molecular formula is C6H7LiNO2S. The zero-order chi connectivity index (χ0) is 7.61. The van der Waals surface area contributed by atoms with Gasteiger partial charge in [-0.3, -0.25) is 0 Å². The fourth-order valence-electron chi connectivity index (χ4n) is 0.610. The summed E-state index contributed by atoms with van der Waals surface area (Å²) in [6.45, 7) is 0. The van der Waals surface area contributed by atoms with Crippen LogP contribution < -0.4 is 5.14 Å². The molecule has 0 bridgehead atoms. The zero-order valence-electron chi connectivity index (χ0n) is 6.19. The van der Waals surface area contributed by atoms with E-state index in [0.717, 1.165) is 0 Å². The molecule has 55 valence electrons. The molecule has 0 heterocycles. The average molecular weight is 164 g/mol. The predicted octanol–water partition coefficient (Wildman–Crippen LogP) is -0.0468. The summed E-state index contributed by atoms with van der Waals surface area (Å²) in [5.74, 6) is 0. The number of hydrogen-bond donors (Lipinski definition) is 1. The van der Waals surface area contributed by atoms with Gasteiger partial charge in [-0.25, -0.2) is 13.6 Å². The summed E-state index contributed by atoms with van der Waals surface area (Å²) in [5, 5.41) is 4.83. The molecule has 0 aliphatic rings. The topological polar surface area (TPSA) is 60.2 Å². The van der Waals surface area contributed by atoms with E-state index in [0.29, 0.717) is 0 Å². The largest absolute Gasteiger partial charge is 0.238 e. The zero-order valence-corrected chi connectivity index (χ0v) is 7.01. The van der Waals surface area contributed by atoms with E-state index in [1.165, 1.54) is 12.1 Å². The van der Waals surface area contributed by atoms with Gasteiger partial charge in [0.2, 0.25) is 10.0 Å². The molecule has 0 fully saturated rings. The van der Waals surface area contributed by atoms with E-state index >= 15 is 0 Å². The molecule has 0 aliphatic heterocycles. The number of hydrogen-bond acceptors (Lipinski definition) is 2. The molecule has 0 saturated carbocycles. The Labute approximate surface area is 77.8 Å². The molecule has 0 atom stereocenters. The van der Waals surface area contributed by atoms with Crippen molar-refractivity contribution in [1.29, 1.82) is 0 Å². The molecule has 2 N–H and O–H groups in total. The first-order valence-corrected chi connectivity index (χ1v) is 4.23. The van der Waals surface area contributed by atoms with Crippen LogP contribution >= 0.6 is 0 Å². The van der Waals surface area contributed by atoms with Gasteiger partial charge in [0, 0.05) is 18.9 Å². The molecule has 1 rings (SSSR count). The maximum atomic E-state index is 10.6. The Morgan fingerprint density at radius 2 is 1.55 bits per heavy atom. The minimum absolute atomic E-state index is 0. The van der Waals surface area contributed by atoms with Gasteiger partial charge in [-0.1, -0.05) is 18.2 Å². The van der Waals surface area contributed by atoms with E-state index in [9.17, 15) is 8.42 Å². The van der Waals surface area contributed by atoms with Crippen LogP contribution in [-0.4, -0.2) is 27.3 Å². The van der Waals surface area contributed by atoms with Gasteiger partial charge in [-0.05, 0) is 12.1 Å². The first-order valence-electron chi connectivity index (χ1n) is 2.68. The molecule has 0 aromatic heterocycles. The summed E-state index contributed by atoms with van der Waals surface area (Å²) in [6.07, 6.45) is 0. The number of benzene rings is 1. The molecule has 0 saturated heterocycles. The van der Waals surface area contributed by atoms with Crippen molar-refractivity contribution >= 4 is 28.9 Å². The van der Waals surface area contributed by atoms with Crippen LogP contribution in [0.25, 0.3) is 0 Å². The molecule has 0 unspecified atom stereocenters. The third-order valence-electron chi connectivity index (χ3n) is 1.07. The second kappa shape index (κ2) is 3.93. The molecule has 1 aromatic carbocycles. The standard InChI is InChI=1S/C6H7NO2S.Li/c7-10(8,9)6-4-2-1-3-5-6;/h1-5H,(H2,7,8,9);. The number of nitrogens with two attached hydrogens (primary N) is 1. The Morgan fingerprint density at radius 3 is 1.82 bits per heavy atom. The van der Waals surface area contributed by atoms with Crippen molar-refractivity contribution in [2.45, 2.75) is 4.90 Å². The van der Waals surface area contributed by atoms with Gasteiger partial charge in [0.1, 0.15) is 0 Å². The Morgan fingerprint density at radius 1 is 1.09 bits per heavy atom. The molecule has 1 radical (unpaired) electrons. The number of rotatable bonds is 1. The molecular weight excluding hydrogens is 157 g/mol. The smallest absolute Gasteiger partial charge is 0.225 e. The summed E-state index contributed by atoms with van der Waals surface area (Å²) >= 11 is 0. The first kappa shape index (κ1) is 10.7. The second-order valence-electron chi connectivity index (χ2n) is 1.86. The van der Waals surface area contributed by atoms with Crippen LogP contribution in [0, 0.1) is 0 Å². The van der Waals surface area contributed by atoms with E-state index < -0.39 is 10.0 Å². The third-order valence-corrected chi connectivity index (χ3v) is 2.00. The van der Waals surface area contributed by atoms with Crippen LogP contribution in [0.15, 0.2) is 35.2 Å². The molecule has 0 spiro atoms. The van der Waals surface area contributed by atoms with Crippen molar-refractivity contribution in [1.82, 2.24) is 0 Å². The Balaban J connectivity index is 0.000001000. The van der Waals surface area contributed by atoms with Crippen LogP contribution in [0.4, 0.5) is 0 Å². The summed E-state index contributed by atoms with van der Waals surface area (Å²) in [4.78, 5) is 0.148. The van der Waals surface area contributed by atoms with E-state index in [1.54, 1.807) is 18.2 Å². The minimum Gasteiger partial charge on any atom is -0.225 e. The number of sulfonamides is 1. The van der Waals surface area contributed by atoms with Crippen molar-refractivity contribution < 1.29 is 8.42 Å². The Bertz CT molecular complexity index is 309. The van der Waals surface area contributed by atoms with Crippen LogP contribution in [0.5, 0.6) is 0 Å². The molecule has 11 heavy (non-hydrogen) atoms. The summed E-state index contributed by atoms with van der Waals surface area (Å²) < 4.78 is 21.2.